The highest BCUT2D eigenvalue weighted by molar-refractivity contribution is 8.18. The third-order valence-corrected chi connectivity index (χ3v) is 8.18. The third-order valence-electron chi connectivity index (χ3n) is 6.62. The molecule has 1 N–H and O–H groups in total. The summed E-state index contributed by atoms with van der Waals surface area (Å²) in [4.78, 5) is 23.8. The number of thioether (sulfide) groups is 1. The van der Waals surface area contributed by atoms with Crippen molar-refractivity contribution in [1.29, 1.82) is 0 Å². The molecule has 0 radical (unpaired) electrons. The minimum Gasteiger partial charge on any atom is -0.477 e. The molecule has 2 aliphatic rings. The van der Waals surface area contributed by atoms with Crippen molar-refractivity contribution in [2.45, 2.75) is 52.1 Å². The molecule has 0 amide bonds. The number of benzene rings is 1. The van der Waals surface area contributed by atoms with Crippen LogP contribution in [0.25, 0.3) is 0 Å². The van der Waals surface area contributed by atoms with Crippen LogP contribution in [0.5, 0.6) is 0 Å². The maximum atomic E-state index is 14.9. The number of rotatable bonds is 5. The maximum absolute atomic E-state index is 14.9. The van der Waals surface area contributed by atoms with E-state index in [4.69, 9.17) is 28.2 Å². The molecule has 0 fully saturated rings. The molecule has 0 aliphatic carbocycles. The van der Waals surface area contributed by atoms with E-state index >= 15 is 0 Å². The molecule has 9 heteroatoms. The lowest BCUT2D eigenvalue weighted by Gasteiger charge is -2.49. The Balaban J connectivity index is 2.10. The molecule has 2 atom stereocenters. The fraction of sp³-hybridized carbons (Fsp3) is 0.375. The number of hydrogen-bond donors (Lipinski definition) is 1. The Labute approximate surface area is 206 Å². The smallest absolute Gasteiger partial charge is 0.344 e. The fourth-order valence-corrected chi connectivity index (χ4v) is 6.75. The van der Waals surface area contributed by atoms with E-state index in [2.05, 4.69) is 4.98 Å². The Bertz CT molecular complexity index is 1210. The van der Waals surface area contributed by atoms with Crippen LogP contribution in [0.4, 0.5) is 4.39 Å². The number of amidine groups is 1. The summed E-state index contributed by atoms with van der Waals surface area (Å²) in [6.45, 7) is 9.79. The Morgan fingerprint density at radius 2 is 2.00 bits per heavy atom. The summed E-state index contributed by atoms with van der Waals surface area (Å²) in [7, 11) is 0. The van der Waals surface area contributed by atoms with Gasteiger partial charge in [0.15, 0.2) is 5.17 Å². The summed E-state index contributed by atoms with van der Waals surface area (Å²) in [5, 5.41) is 10.9. The van der Waals surface area contributed by atoms with Crippen LogP contribution in [-0.2, 0) is 15.9 Å². The van der Waals surface area contributed by atoms with Gasteiger partial charge in [-0.15, -0.1) is 0 Å². The third kappa shape index (κ3) is 3.39. The first-order valence-corrected chi connectivity index (χ1v) is 12.2. The molecular formula is C24H24Cl2FN3O2S. The van der Waals surface area contributed by atoms with Crippen LogP contribution in [0.15, 0.2) is 46.1 Å². The zero-order chi connectivity index (χ0) is 24.3. The predicted molar refractivity (Wildman–Crippen MR) is 131 cm³/mol. The van der Waals surface area contributed by atoms with Gasteiger partial charge in [0.25, 0.3) is 0 Å². The van der Waals surface area contributed by atoms with Crippen LogP contribution in [0.1, 0.15) is 50.8 Å². The normalized spacial score (nSPS) is 24.5. The zero-order valence-electron chi connectivity index (χ0n) is 18.9. The van der Waals surface area contributed by atoms with E-state index in [1.54, 1.807) is 18.3 Å². The van der Waals surface area contributed by atoms with Crippen LogP contribution in [0.2, 0.25) is 10.2 Å². The molecule has 0 saturated heterocycles. The van der Waals surface area contributed by atoms with Crippen LogP contribution in [-0.4, -0.2) is 26.1 Å². The number of nitrogens with zero attached hydrogens (tertiary/aromatic N) is 3. The van der Waals surface area contributed by atoms with Gasteiger partial charge in [-0.25, -0.2) is 19.2 Å². The average Bonchev–Trinajstić information content (AvgIpc) is 3.23. The number of pyridine rings is 1. The van der Waals surface area contributed by atoms with Gasteiger partial charge in [-0.1, -0.05) is 50.0 Å². The number of aliphatic carboxylic acids is 1. The van der Waals surface area contributed by atoms with E-state index in [1.807, 2.05) is 45.6 Å². The number of aryl methyl sites for hydroxylation is 1. The largest absolute Gasteiger partial charge is 0.477 e. The molecule has 0 spiro atoms. The summed E-state index contributed by atoms with van der Waals surface area (Å²) in [5.41, 5.74) is 1.13. The number of hydrogen-bond acceptors (Lipinski definition) is 5. The molecule has 2 aromatic rings. The van der Waals surface area contributed by atoms with Crippen LogP contribution in [0, 0.1) is 18.7 Å². The van der Waals surface area contributed by atoms with Gasteiger partial charge < -0.3 is 10.0 Å². The van der Waals surface area contributed by atoms with Gasteiger partial charge in [0.05, 0.1) is 5.02 Å². The highest BCUT2D eigenvalue weighted by Crippen LogP contribution is 2.61. The molecule has 2 aliphatic heterocycles. The molecular weight excluding hydrogens is 484 g/mol. The molecule has 33 heavy (non-hydrogen) atoms. The number of halogens is 3. The van der Waals surface area contributed by atoms with Crippen LogP contribution >= 0.6 is 35.0 Å². The molecule has 1 aromatic heterocycles. The molecule has 0 bridgehead atoms. The molecule has 4 rings (SSSR count). The van der Waals surface area contributed by atoms with Crippen LogP contribution < -0.4 is 0 Å². The van der Waals surface area contributed by atoms with Gasteiger partial charge in [0, 0.05) is 17.5 Å². The molecule has 0 unspecified atom stereocenters. The van der Waals surface area contributed by atoms with Crippen molar-refractivity contribution in [2.24, 2.45) is 10.9 Å². The Morgan fingerprint density at radius 3 is 2.55 bits per heavy atom. The van der Waals surface area contributed by atoms with Gasteiger partial charge in [-0.3, -0.25) is 0 Å². The van der Waals surface area contributed by atoms with E-state index < -0.39 is 22.9 Å². The first kappa shape index (κ1) is 24.0. The van der Waals surface area contributed by atoms with Crippen molar-refractivity contribution >= 4 is 46.1 Å². The van der Waals surface area contributed by atoms with Crippen molar-refractivity contribution in [1.82, 2.24) is 9.88 Å². The minimum atomic E-state index is -1.00. The Kier molecular flexibility index (Phi) is 6.04. The lowest BCUT2D eigenvalue weighted by Crippen LogP contribution is -2.54. The first-order chi connectivity index (χ1) is 15.5. The van der Waals surface area contributed by atoms with Gasteiger partial charge in [0.2, 0.25) is 0 Å². The lowest BCUT2D eigenvalue weighted by molar-refractivity contribution is -0.132. The van der Waals surface area contributed by atoms with Crippen molar-refractivity contribution < 1.29 is 14.3 Å². The summed E-state index contributed by atoms with van der Waals surface area (Å²) in [5.74, 6) is -1.64. The first-order valence-electron chi connectivity index (χ1n) is 10.6. The highest BCUT2D eigenvalue weighted by atomic mass is 35.5. The number of fused-ring (bicyclic) bond motifs is 1. The lowest BCUT2D eigenvalue weighted by atomic mass is 9.67. The van der Waals surface area contributed by atoms with E-state index in [1.165, 1.54) is 6.07 Å². The van der Waals surface area contributed by atoms with Crippen molar-refractivity contribution in [2.75, 3.05) is 0 Å². The number of allylic oxidation sites excluding steroid dienone is 1. The predicted octanol–water partition coefficient (Wildman–Crippen LogP) is 6.73. The Hall–Kier alpha value is -2.09. The second kappa shape index (κ2) is 8.29. The summed E-state index contributed by atoms with van der Waals surface area (Å²) in [6.07, 6.45) is 2.20. The molecule has 3 heterocycles. The number of aliphatic imine (C=N–C) groups is 1. The Morgan fingerprint density at radius 1 is 1.30 bits per heavy atom. The maximum Gasteiger partial charge on any atom is 0.344 e. The summed E-state index contributed by atoms with van der Waals surface area (Å²) < 4.78 is 14.9. The number of carboxylic acids is 1. The highest BCUT2D eigenvalue weighted by Gasteiger charge is 2.63. The van der Waals surface area contributed by atoms with Gasteiger partial charge in [-0.2, -0.15) is 0 Å². The number of carbonyl (C=O) groups is 1. The standard InChI is InChI=1S/C24H24Cl2FN3O2S/c1-6-24(15-10-17(27)16(25)9-13(15)4)23(5,14-7-8-18(26)28-11-14)29-22-30(24)19(12(2)3)20(33-22)21(31)32/h7-12H,6H2,1-5H3,(H,31,32)/t23-,24+/m0/s1. The SMILES string of the molecule is CC[C@]1(c2cc(F)c(Cl)cc2C)N2C(=N[C@@]1(C)c1ccc(Cl)nc1)SC(C(=O)O)=C2C(C)C. The van der Waals surface area contributed by atoms with E-state index in [-0.39, 0.29) is 15.8 Å². The second-order valence-corrected chi connectivity index (χ2v) is 10.5. The average molecular weight is 508 g/mol. The quantitative estimate of drug-likeness (QED) is 0.454. The topological polar surface area (TPSA) is 65.8 Å². The summed E-state index contributed by atoms with van der Waals surface area (Å²) in [6, 6.07) is 6.65. The van der Waals surface area contributed by atoms with Crippen LogP contribution in [0.3, 0.4) is 0 Å². The van der Waals surface area contributed by atoms with E-state index in [0.29, 0.717) is 28.0 Å². The number of aromatic nitrogens is 1. The van der Waals surface area contributed by atoms with Crippen molar-refractivity contribution in [3.05, 3.63) is 73.7 Å². The van der Waals surface area contributed by atoms with E-state index in [0.717, 1.165) is 22.9 Å². The van der Waals surface area contributed by atoms with Crippen molar-refractivity contribution in [3.8, 4) is 0 Å². The van der Waals surface area contributed by atoms with E-state index in [9.17, 15) is 14.3 Å². The molecule has 174 valence electrons. The van der Waals surface area contributed by atoms with Gasteiger partial charge in [-0.05, 0) is 67.3 Å². The molecule has 5 nitrogen and oxygen atoms in total. The molecule has 1 aromatic carbocycles. The fourth-order valence-electron chi connectivity index (χ4n) is 5.15. The monoisotopic (exact) mass is 507 g/mol. The molecule has 0 saturated carbocycles. The number of carboxylic acid groups (broad SMARTS) is 1. The second-order valence-electron chi connectivity index (χ2n) is 8.74. The van der Waals surface area contributed by atoms with Crippen molar-refractivity contribution in [3.63, 3.8) is 0 Å². The summed E-state index contributed by atoms with van der Waals surface area (Å²) >= 11 is 13.3. The van der Waals surface area contributed by atoms with Gasteiger partial charge >= 0.3 is 5.97 Å². The zero-order valence-corrected chi connectivity index (χ0v) is 21.2. The van der Waals surface area contributed by atoms with Gasteiger partial charge in [0.1, 0.15) is 27.0 Å². The minimum absolute atomic E-state index is 0.0400.